The normalized spacial score (nSPS) is 12.3. The molecule has 1 atom stereocenters. The van der Waals surface area contributed by atoms with Gasteiger partial charge in [-0.05, 0) is 6.92 Å². The molecular formula is C9H16N2O3. The lowest BCUT2D eigenvalue weighted by molar-refractivity contribution is -0.130. The molecule has 0 aromatic carbocycles. The highest BCUT2D eigenvalue weighted by Gasteiger charge is 2.20. The quantitative estimate of drug-likeness (QED) is 0.632. The van der Waals surface area contributed by atoms with E-state index in [1.165, 1.54) is 6.92 Å². The Labute approximate surface area is 83.0 Å². The fraction of sp³-hybridized carbons (Fsp3) is 0.667. The molecule has 0 unspecified atom stereocenters. The summed E-state index contributed by atoms with van der Waals surface area (Å²) in [5, 5.41) is 2.46. The van der Waals surface area contributed by atoms with E-state index in [0.717, 1.165) is 0 Å². The highest BCUT2D eigenvalue weighted by atomic mass is 16.2. The molecule has 14 heavy (non-hydrogen) atoms. The number of ketones is 1. The molecule has 2 amide bonds. The van der Waals surface area contributed by atoms with E-state index in [1.54, 1.807) is 13.8 Å². The number of carbonyl (C=O) groups excluding carboxylic acids is 3. The van der Waals surface area contributed by atoms with Gasteiger partial charge in [-0.15, -0.1) is 0 Å². The minimum Gasteiger partial charge on any atom is -0.370 e. The van der Waals surface area contributed by atoms with Gasteiger partial charge >= 0.3 is 0 Å². The van der Waals surface area contributed by atoms with Crippen LogP contribution in [-0.4, -0.2) is 23.6 Å². The average molecular weight is 200 g/mol. The van der Waals surface area contributed by atoms with Crippen molar-refractivity contribution in [2.75, 3.05) is 0 Å². The molecule has 0 heterocycles. The molecular weight excluding hydrogens is 184 g/mol. The SMILES string of the molecule is CC(=O)[C@@H](CC(N)=O)NC(=O)C(C)C. The van der Waals surface area contributed by atoms with Gasteiger partial charge in [-0.3, -0.25) is 14.4 Å². The van der Waals surface area contributed by atoms with Gasteiger partial charge in [0.1, 0.15) is 0 Å². The van der Waals surface area contributed by atoms with Crippen molar-refractivity contribution in [1.82, 2.24) is 5.32 Å². The molecule has 0 aliphatic rings. The van der Waals surface area contributed by atoms with Crippen molar-refractivity contribution in [3.63, 3.8) is 0 Å². The Hall–Kier alpha value is -1.39. The number of nitrogens with two attached hydrogens (primary N) is 1. The van der Waals surface area contributed by atoms with Crippen molar-refractivity contribution >= 4 is 17.6 Å². The second kappa shape index (κ2) is 5.36. The average Bonchev–Trinajstić information content (AvgIpc) is 2.01. The van der Waals surface area contributed by atoms with Crippen molar-refractivity contribution in [1.29, 1.82) is 0 Å². The number of primary amides is 1. The van der Waals surface area contributed by atoms with Crippen LogP contribution in [0.3, 0.4) is 0 Å². The lowest BCUT2D eigenvalue weighted by atomic mass is 10.1. The van der Waals surface area contributed by atoms with Crippen molar-refractivity contribution in [2.24, 2.45) is 11.7 Å². The van der Waals surface area contributed by atoms with Crippen LogP contribution in [0.15, 0.2) is 0 Å². The minimum atomic E-state index is -0.789. The maximum atomic E-state index is 11.2. The Kier molecular flexibility index (Phi) is 4.83. The maximum Gasteiger partial charge on any atom is 0.223 e. The van der Waals surface area contributed by atoms with Gasteiger partial charge in [-0.25, -0.2) is 0 Å². The molecule has 0 bridgehead atoms. The van der Waals surface area contributed by atoms with Crippen LogP contribution in [0, 0.1) is 5.92 Å². The molecule has 0 aromatic heterocycles. The van der Waals surface area contributed by atoms with E-state index in [9.17, 15) is 14.4 Å². The summed E-state index contributed by atoms with van der Waals surface area (Å²) in [5.74, 6) is -1.34. The van der Waals surface area contributed by atoms with Crippen LogP contribution < -0.4 is 11.1 Å². The summed E-state index contributed by atoms with van der Waals surface area (Å²) in [6, 6.07) is -0.789. The van der Waals surface area contributed by atoms with Gasteiger partial charge in [0.15, 0.2) is 5.78 Å². The second-order valence-corrected chi connectivity index (χ2v) is 3.50. The minimum absolute atomic E-state index is 0.145. The van der Waals surface area contributed by atoms with Gasteiger partial charge in [-0.2, -0.15) is 0 Å². The fourth-order valence-corrected chi connectivity index (χ4v) is 0.836. The maximum absolute atomic E-state index is 11.2. The molecule has 0 spiro atoms. The molecule has 5 heteroatoms. The largest absolute Gasteiger partial charge is 0.370 e. The smallest absolute Gasteiger partial charge is 0.223 e. The van der Waals surface area contributed by atoms with E-state index in [4.69, 9.17) is 5.73 Å². The number of Topliss-reactive ketones (excluding diaryl/α,β-unsaturated/α-hetero) is 1. The Morgan fingerprint density at radius 2 is 1.79 bits per heavy atom. The number of amides is 2. The highest BCUT2D eigenvalue weighted by Crippen LogP contribution is 1.97. The monoisotopic (exact) mass is 200 g/mol. The first-order valence-corrected chi connectivity index (χ1v) is 4.43. The molecule has 0 aromatic rings. The van der Waals surface area contributed by atoms with E-state index in [2.05, 4.69) is 5.32 Å². The lowest BCUT2D eigenvalue weighted by Crippen LogP contribution is -2.44. The van der Waals surface area contributed by atoms with Crippen LogP contribution >= 0.6 is 0 Å². The van der Waals surface area contributed by atoms with E-state index in [1.807, 2.05) is 0 Å². The van der Waals surface area contributed by atoms with Gasteiger partial charge < -0.3 is 11.1 Å². The van der Waals surface area contributed by atoms with Crippen molar-refractivity contribution < 1.29 is 14.4 Å². The first-order chi connectivity index (χ1) is 6.34. The van der Waals surface area contributed by atoms with Crippen LogP contribution in [0.5, 0.6) is 0 Å². The predicted octanol–water partition coefficient (Wildman–Crippen LogP) is -0.408. The first-order valence-electron chi connectivity index (χ1n) is 4.43. The molecule has 0 saturated carbocycles. The summed E-state index contributed by atoms with van der Waals surface area (Å²) in [7, 11) is 0. The number of carbonyl (C=O) groups is 3. The molecule has 3 N–H and O–H groups in total. The van der Waals surface area contributed by atoms with Crippen molar-refractivity contribution in [3.05, 3.63) is 0 Å². The third kappa shape index (κ3) is 4.59. The number of rotatable bonds is 5. The number of hydrogen-bond acceptors (Lipinski definition) is 3. The molecule has 0 aliphatic heterocycles. The molecule has 0 fully saturated rings. The van der Waals surface area contributed by atoms with Crippen LogP contribution in [0.4, 0.5) is 0 Å². The zero-order valence-electron chi connectivity index (χ0n) is 8.66. The molecule has 0 rings (SSSR count). The fourth-order valence-electron chi connectivity index (χ4n) is 0.836. The third-order valence-electron chi connectivity index (χ3n) is 1.74. The number of hydrogen-bond donors (Lipinski definition) is 2. The van der Waals surface area contributed by atoms with E-state index >= 15 is 0 Å². The first kappa shape index (κ1) is 12.6. The summed E-state index contributed by atoms with van der Waals surface area (Å²) in [4.78, 5) is 32.8. The Morgan fingerprint density at radius 1 is 1.29 bits per heavy atom. The zero-order chi connectivity index (χ0) is 11.3. The Morgan fingerprint density at radius 3 is 2.07 bits per heavy atom. The van der Waals surface area contributed by atoms with Crippen LogP contribution in [-0.2, 0) is 14.4 Å². The summed E-state index contributed by atoms with van der Waals surface area (Å²) in [5.41, 5.74) is 4.94. The van der Waals surface area contributed by atoms with Gasteiger partial charge in [-0.1, -0.05) is 13.8 Å². The van der Waals surface area contributed by atoms with E-state index in [-0.39, 0.29) is 24.0 Å². The Bertz CT molecular complexity index is 248. The van der Waals surface area contributed by atoms with Crippen LogP contribution in [0.25, 0.3) is 0 Å². The predicted molar refractivity (Wildman–Crippen MR) is 51.3 cm³/mol. The van der Waals surface area contributed by atoms with Crippen LogP contribution in [0.2, 0.25) is 0 Å². The van der Waals surface area contributed by atoms with E-state index < -0.39 is 11.9 Å². The molecule has 0 radical (unpaired) electrons. The molecule has 0 aliphatic carbocycles. The van der Waals surface area contributed by atoms with Crippen molar-refractivity contribution in [2.45, 2.75) is 33.2 Å². The lowest BCUT2D eigenvalue weighted by Gasteiger charge is -2.15. The Balaban J connectivity index is 4.31. The standard InChI is InChI=1S/C9H16N2O3/c1-5(2)9(14)11-7(6(3)12)4-8(10)13/h5,7H,4H2,1-3H3,(H2,10,13)(H,11,14)/t7-/m1/s1. The van der Waals surface area contributed by atoms with Crippen LogP contribution in [0.1, 0.15) is 27.2 Å². The summed E-state index contributed by atoms with van der Waals surface area (Å²) < 4.78 is 0. The van der Waals surface area contributed by atoms with Gasteiger partial charge in [0, 0.05) is 5.92 Å². The molecule has 5 nitrogen and oxygen atoms in total. The molecule has 0 saturated heterocycles. The summed E-state index contributed by atoms with van der Waals surface area (Å²) >= 11 is 0. The van der Waals surface area contributed by atoms with Gasteiger partial charge in [0.05, 0.1) is 12.5 Å². The topological polar surface area (TPSA) is 89.3 Å². The summed E-state index contributed by atoms with van der Waals surface area (Å²) in [6.45, 7) is 4.72. The third-order valence-corrected chi connectivity index (χ3v) is 1.74. The molecule has 80 valence electrons. The van der Waals surface area contributed by atoms with Gasteiger partial charge in [0.2, 0.25) is 11.8 Å². The van der Waals surface area contributed by atoms with Gasteiger partial charge in [0.25, 0.3) is 0 Å². The highest BCUT2D eigenvalue weighted by molar-refractivity contribution is 5.91. The van der Waals surface area contributed by atoms with E-state index in [0.29, 0.717) is 0 Å². The second-order valence-electron chi connectivity index (χ2n) is 3.50. The number of nitrogens with one attached hydrogen (secondary N) is 1. The van der Waals surface area contributed by atoms with Crippen molar-refractivity contribution in [3.8, 4) is 0 Å². The summed E-state index contributed by atoms with van der Waals surface area (Å²) in [6.07, 6.45) is -0.145. The zero-order valence-corrected chi connectivity index (χ0v) is 8.66.